The monoisotopic (exact) mass is 347 g/mol. The number of nitrogens with zero attached hydrogens (tertiary/aromatic N) is 3. The molecule has 25 heavy (non-hydrogen) atoms. The van der Waals surface area contributed by atoms with E-state index >= 15 is 0 Å². The van der Waals surface area contributed by atoms with Crippen molar-refractivity contribution in [3.63, 3.8) is 0 Å². The molecule has 1 amide bonds. The first-order valence-electron chi connectivity index (χ1n) is 8.26. The molecule has 0 N–H and O–H groups in total. The van der Waals surface area contributed by atoms with E-state index in [0.717, 1.165) is 12.8 Å². The Bertz CT molecular complexity index is 781. The van der Waals surface area contributed by atoms with Gasteiger partial charge in [0.25, 0.3) is 11.8 Å². The van der Waals surface area contributed by atoms with Crippen LogP contribution < -0.4 is 4.74 Å². The standard InChI is InChI=1S/C17H18FN3O4/c1-10-11(9-20-25-10)17(22)21-7-8-23-14-5-4-13(21)15(14)24-16-12(18)3-2-6-19-16/h2-3,6,9,13-15H,4-5,7-8H2,1H3/t13-,14-,15-/m0/s1. The van der Waals surface area contributed by atoms with Gasteiger partial charge in [0.15, 0.2) is 5.82 Å². The minimum atomic E-state index is -0.529. The molecule has 8 heteroatoms. The van der Waals surface area contributed by atoms with Crippen LogP contribution in [0.2, 0.25) is 0 Å². The molecule has 2 bridgehead atoms. The molecule has 2 fully saturated rings. The highest BCUT2D eigenvalue weighted by molar-refractivity contribution is 5.95. The van der Waals surface area contributed by atoms with E-state index in [9.17, 15) is 9.18 Å². The summed E-state index contributed by atoms with van der Waals surface area (Å²) in [5, 5.41) is 3.68. The van der Waals surface area contributed by atoms with Gasteiger partial charge in [-0.3, -0.25) is 4.79 Å². The minimum Gasteiger partial charge on any atom is -0.467 e. The summed E-state index contributed by atoms with van der Waals surface area (Å²) in [4.78, 5) is 18.6. The van der Waals surface area contributed by atoms with Crippen molar-refractivity contribution >= 4 is 5.91 Å². The zero-order valence-electron chi connectivity index (χ0n) is 13.7. The number of hydrogen-bond acceptors (Lipinski definition) is 6. The summed E-state index contributed by atoms with van der Waals surface area (Å²) >= 11 is 0. The predicted molar refractivity (Wildman–Crippen MR) is 83.6 cm³/mol. The molecule has 7 nitrogen and oxygen atoms in total. The summed E-state index contributed by atoms with van der Waals surface area (Å²) in [5.74, 6) is -0.301. The molecule has 2 aromatic heterocycles. The Morgan fingerprint density at radius 2 is 2.32 bits per heavy atom. The maximum atomic E-state index is 13.9. The first kappa shape index (κ1) is 16.0. The van der Waals surface area contributed by atoms with Gasteiger partial charge in [-0.05, 0) is 31.9 Å². The second-order valence-electron chi connectivity index (χ2n) is 6.22. The fourth-order valence-electron chi connectivity index (χ4n) is 3.54. The number of carbonyl (C=O) groups is 1. The molecule has 3 atom stereocenters. The number of pyridine rings is 1. The number of fused-ring (bicyclic) bond motifs is 2. The van der Waals surface area contributed by atoms with Gasteiger partial charge in [-0.15, -0.1) is 0 Å². The third-order valence-corrected chi connectivity index (χ3v) is 4.77. The largest absolute Gasteiger partial charge is 0.467 e. The van der Waals surface area contributed by atoms with Gasteiger partial charge >= 0.3 is 0 Å². The zero-order chi connectivity index (χ0) is 17.4. The molecule has 1 aliphatic carbocycles. The molecule has 0 aromatic carbocycles. The molecule has 0 unspecified atom stereocenters. The third kappa shape index (κ3) is 2.86. The van der Waals surface area contributed by atoms with Gasteiger partial charge in [0.2, 0.25) is 0 Å². The maximum Gasteiger partial charge on any atom is 0.259 e. The topological polar surface area (TPSA) is 77.7 Å². The van der Waals surface area contributed by atoms with Crippen molar-refractivity contribution in [3.8, 4) is 5.88 Å². The van der Waals surface area contributed by atoms with E-state index in [1.54, 1.807) is 11.8 Å². The summed E-state index contributed by atoms with van der Waals surface area (Å²) in [6.45, 7) is 2.54. The van der Waals surface area contributed by atoms with Gasteiger partial charge in [0, 0.05) is 12.7 Å². The smallest absolute Gasteiger partial charge is 0.259 e. The molecule has 1 saturated heterocycles. The molecule has 3 heterocycles. The van der Waals surface area contributed by atoms with Crippen LogP contribution in [-0.4, -0.2) is 52.3 Å². The number of carbonyl (C=O) groups excluding carboxylic acids is 1. The van der Waals surface area contributed by atoms with E-state index in [0.29, 0.717) is 24.5 Å². The summed E-state index contributed by atoms with van der Waals surface area (Å²) in [6, 6.07) is 2.59. The second-order valence-corrected chi connectivity index (χ2v) is 6.22. The lowest BCUT2D eigenvalue weighted by Gasteiger charge is -2.31. The summed E-state index contributed by atoms with van der Waals surface area (Å²) in [5.41, 5.74) is 0.424. The fourth-order valence-corrected chi connectivity index (χ4v) is 3.54. The average molecular weight is 347 g/mol. The van der Waals surface area contributed by atoms with E-state index < -0.39 is 11.9 Å². The number of ether oxygens (including phenoxy) is 2. The quantitative estimate of drug-likeness (QED) is 0.845. The Kier molecular flexibility index (Phi) is 4.12. The van der Waals surface area contributed by atoms with E-state index in [-0.39, 0.29) is 23.9 Å². The Labute approximate surface area is 143 Å². The lowest BCUT2D eigenvalue weighted by Crippen LogP contribution is -2.47. The molecule has 1 saturated carbocycles. The van der Waals surface area contributed by atoms with Crippen LogP contribution in [0, 0.1) is 12.7 Å². The van der Waals surface area contributed by atoms with Crippen LogP contribution in [0.5, 0.6) is 5.88 Å². The Morgan fingerprint density at radius 3 is 3.08 bits per heavy atom. The summed E-state index contributed by atoms with van der Waals surface area (Å²) < 4.78 is 30.6. The number of amides is 1. The molecule has 0 spiro atoms. The fraction of sp³-hybridized carbons (Fsp3) is 0.471. The molecule has 132 valence electrons. The van der Waals surface area contributed by atoms with Crippen LogP contribution in [0.3, 0.4) is 0 Å². The second kappa shape index (κ2) is 6.44. The van der Waals surface area contributed by atoms with Crippen molar-refractivity contribution in [3.05, 3.63) is 41.7 Å². The minimum absolute atomic E-state index is 0.0662. The van der Waals surface area contributed by atoms with Crippen LogP contribution in [0.15, 0.2) is 29.0 Å². The Balaban J connectivity index is 1.61. The molecule has 0 radical (unpaired) electrons. The zero-order valence-corrected chi connectivity index (χ0v) is 13.7. The van der Waals surface area contributed by atoms with Crippen LogP contribution >= 0.6 is 0 Å². The van der Waals surface area contributed by atoms with Crippen molar-refractivity contribution in [2.45, 2.75) is 38.0 Å². The Hall–Kier alpha value is -2.48. The third-order valence-electron chi connectivity index (χ3n) is 4.77. The molecular formula is C17H18FN3O4. The first-order chi connectivity index (χ1) is 12.1. The summed E-state index contributed by atoms with van der Waals surface area (Å²) in [7, 11) is 0. The highest BCUT2D eigenvalue weighted by atomic mass is 19.1. The average Bonchev–Trinajstić information content (AvgIpc) is 3.13. The van der Waals surface area contributed by atoms with Gasteiger partial charge in [-0.1, -0.05) is 5.16 Å². The SMILES string of the molecule is Cc1oncc1C(=O)N1CCO[C@H]2CC[C@H]1[C@@H]2Oc1ncccc1F. The van der Waals surface area contributed by atoms with Crippen LogP contribution in [-0.2, 0) is 4.74 Å². The van der Waals surface area contributed by atoms with E-state index in [1.165, 1.54) is 24.5 Å². The van der Waals surface area contributed by atoms with E-state index in [2.05, 4.69) is 10.1 Å². The van der Waals surface area contributed by atoms with Crippen LogP contribution in [0.1, 0.15) is 29.0 Å². The number of hydrogen-bond donors (Lipinski definition) is 0. The molecular weight excluding hydrogens is 329 g/mol. The van der Waals surface area contributed by atoms with Crippen molar-refractivity contribution in [1.29, 1.82) is 0 Å². The molecule has 2 aromatic rings. The van der Waals surface area contributed by atoms with E-state index in [1.807, 2.05) is 0 Å². The van der Waals surface area contributed by atoms with Crippen molar-refractivity contribution in [1.82, 2.24) is 15.0 Å². The molecule has 2 aliphatic rings. The number of aromatic nitrogens is 2. The highest BCUT2D eigenvalue weighted by Crippen LogP contribution is 2.34. The number of halogens is 1. The summed E-state index contributed by atoms with van der Waals surface area (Å²) in [6.07, 6.45) is 3.71. The number of rotatable bonds is 3. The molecule has 1 aliphatic heterocycles. The van der Waals surface area contributed by atoms with Crippen molar-refractivity contribution < 1.29 is 23.2 Å². The molecule has 4 rings (SSSR count). The van der Waals surface area contributed by atoms with Crippen LogP contribution in [0.25, 0.3) is 0 Å². The van der Waals surface area contributed by atoms with Gasteiger partial charge < -0.3 is 18.9 Å². The lowest BCUT2D eigenvalue weighted by molar-refractivity contribution is 0.000307. The van der Waals surface area contributed by atoms with Gasteiger partial charge in [0.1, 0.15) is 17.4 Å². The predicted octanol–water partition coefficient (Wildman–Crippen LogP) is 1.97. The van der Waals surface area contributed by atoms with Crippen LogP contribution in [0.4, 0.5) is 4.39 Å². The number of aryl methyl sites for hydroxylation is 1. The van der Waals surface area contributed by atoms with Gasteiger partial charge in [0.05, 0.1) is 24.9 Å². The highest BCUT2D eigenvalue weighted by Gasteiger charge is 2.46. The van der Waals surface area contributed by atoms with Crippen molar-refractivity contribution in [2.75, 3.05) is 13.2 Å². The first-order valence-corrected chi connectivity index (χ1v) is 8.26. The van der Waals surface area contributed by atoms with Gasteiger partial charge in [-0.2, -0.15) is 0 Å². The normalized spacial score (nSPS) is 25.7. The van der Waals surface area contributed by atoms with Crippen molar-refractivity contribution in [2.24, 2.45) is 0 Å². The van der Waals surface area contributed by atoms with Gasteiger partial charge in [-0.25, -0.2) is 9.37 Å². The Morgan fingerprint density at radius 1 is 1.44 bits per heavy atom. The lowest BCUT2D eigenvalue weighted by atomic mass is 10.1. The van der Waals surface area contributed by atoms with E-state index in [4.69, 9.17) is 14.0 Å². The maximum absolute atomic E-state index is 13.9.